The molecule has 1 aromatic carbocycles. The van der Waals surface area contributed by atoms with E-state index in [4.69, 9.17) is 9.47 Å². The molecule has 0 spiro atoms. The summed E-state index contributed by atoms with van der Waals surface area (Å²) in [6.45, 7) is 5.77. The Hall–Kier alpha value is -3.23. The Bertz CT molecular complexity index is 1280. The Morgan fingerprint density at radius 3 is 3.00 bits per heavy atom. The standard InChI is InChI=1S/C25H26N4O3S/c1-16-7-8-22(23(11-16)32-15-18-5-3-9-31-18)28-25(30)20-12-17(2)27-24-21(20)13-26-29(24)14-19-6-4-10-33-19/h4,6-8,10-13,18H,3,5,9,14-15H2,1-2H3,(H,28,30). The van der Waals surface area contributed by atoms with Gasteiger partial charge in [0.2, 0.25) is 0 Å². The second-order valence-corrected chi connectivity index (χ2v) is 9.36. The molecule has 7 nitrogen and oxygen atoms in total. The van der Waals surface area contributed by atoms with Crippen molar-refractivity contribution >= 4 is 34.0 Å². The molecule has 1 fully saturated rings. The molecule has 170 valence electrons. The fraction of sp³-hybridized carbons (Fsp3) is 0.320. The summed E-state index contributed by atoms with van der Waals surface area (Å²) >= 11 is 1.67. The molecule has 8 heteroatoms. The normalized spacial score (nSPS) is 15.8. The van der Waals surface area contributed by atoms with Crippen molar-refractivity contribution in [3.63, 3.8) is 0 Å². The Morgan fingerprint density at radius 2 is 2.21 bits per heavy atom. The van der Waals surface area contributed by atoms with E-state index in [0.29, 0.717) is 35.8 Å². The second-order valence-electron chi connectivity index (χ2n) is 8.33. The molecule has 0 bridgehead atoms. The number of thiophene rings is 1. The van der Waals surface area contributed by atoms with Crippen molar-refractivity contribution in [3.05, 3.63) is 69.7 Å². The van der Waals surface area contributed by atoms with E-state index in [0.717, 1.165) is 36.1 Å². The number of hydrogen-bond acceptors (Lipinski definition) is 6. The number of aromatic nitrogens is 3. The van der Waals surface area contributed by atoms with E-state index in [-0.39, 0.29) is 12.0 Å². The molecule has 1 aliphatic rings. The van der Waals surface area contributed by atoms with Gasteiger partial charge < -0.3 is 14.8 Å². The molecule has 0 radical (unpaired) electrons. The number of nitrogens with one attached hydrogen (secondary N) is 1. The van der Waals surface area contributed by atoms with Gasteiger partial charge in [-0.1, -0.05) is 12.1 Å². The summed E-state index contributed by atoms with van der Waals surface area (Å²) in [5.41, 5.74) is 3.71. The monoisotopic (exact) mass is 462 g/mol. The van der Waals surface area contributed by atoms with Crippen LogP contribution in [0.5, 0.6) is 5.75 Å². The van der Waals surface area contributed by atoms with Gasteiger partial charge in [-0.15, -0.1) is 11.3 Å². The van der Waals surface area contributed by atoms with Gasteiger partial charge in [0.15, 0.2) is 5.65 Å². The van der Waals surface area contributed by atoms with Gasteiger partial charge in [0, 0.05) is 17.2 Å². The Labute approximate surface area is 196 Å². The van der Waals surface area contributed by atoms with Crippen LogP contribution in [-0.4, -0.2) is 40.0 Å². The van der Waals surface area contributed by atoms with Crippen LogP contribution in [0.2, 0.25) is 0 Å². The minimum absolute atomic E-state index is 0.103. The van der Waals surface area contributed by atoms with Crippen LogP contribution in [0.1, 0.15) is 39.3 Å². The van der Waals surface area contributed by atoms with Crippen molar-refractivity contribution in [2.75, 3.05) is 18.5 Å². The minimum atomic E-state index is -0.216. The lowest BCUT2D eigenvalue weighted by molar-refractivity contribution is 0.0681. The molecule has 4 heterocycles. The third-order valence-electron chi connectivity index (χ3n) is 5.70. The van der Waals surface area contributed by atoms with Gasteiger partial charge in [0.1, 0.15) is 12.4 Å². The van der Waals surface area contributed by atoms with Gasteiger partial charge >= 0.3 is 0 Å². The summed E-state index contributed by atoms with van der Waals surface area (Å²) in [4.78, 5) is 19.2. The van der Waals surface area contributed by atoms with Gasteiger partial charge in [-0.3, -0.25) is 4.79 Å². The van der Waals surface area contributed by atoms with Crippen LogP contribution in [0, 0.1) is 13.8 Å². The predicted octanol–water partition coefficient (Wildman–Crippen LogP) is 4.97. The van der Waals surface area contributed by atoms with E-state index >= 15 is 0 Å². The first-order chi connectivity index (χ1) is 16.1. The molecule has 1 N–H and O–H groups in total. The number of pyridine rings is 1. The first-order valence-electron chi connectivity index (χ1n) is 11.1. The van der Waals surface area contributed by atoms with Crippen molar-refractivity contribution in [2.24, 2.45) is 0 Å². The first-order valence-corrected chi connectivity index (χ1v) is 12.0. The van der Waals surface area contributed by atoms with Crippen molar-refractivity contribution in [2.45, 2.75) is 39.3 Å². The van der Waals surface area contributed by atoms with E-state index in [1.807, 2.05) is 48.2 Å². The third kappa shape index (κ3) is 4.77. The Kier molecular flexibility index (Phi) is 6.11. The molecule has 0 saturated carbocycles. The van der Waals surface area contributed by atoms with Crippen molar-refractivity contribution in [3.8, 4) is 5.75 Å². The molecule has 4 aromatic rings. The Morgan fingerprint density at radius 1 is 1.30 bits per heavy atom. The molecule has 3 aromatic heterocycles. The SMILES string of the molecule is Cc1ccc(NC(=O)c2cc(C)nc3c2cnn3Cc2cccs2)c(OCC2CCCO2)c1. The van der Waals surface area contributed by atoms with E-state index in [9.17, 15) is 4.79 Å². The molecule has 5 rings (SSSR count). The zero-order chi connectivity index (χ0) is 22.8. The van der Waals surface area contributed by atoms with Gasteiger partial charge in [0.25, 0.3) is 5.91 Å². The van der Waals surface area contributed by atoms with Crippen molar-refractivity contribution in [1.82, 2.24) is 14.8 Å². The molecule has 0 aliphatic carbocycles. The molecular weight excluding hydrogens is 436 g/mol. The highest BCUT2D eigenvalue weighted by molar-refractivity contribution is 7.09. The van der Waals surface area contributed by atoms with Crippen LogP contribution in [0.3, 0.4) is 0 Å². The smallest absolute Gasteiger partial charge is 0.256 e. The average molecular weight is 463 g/mol. The lowest BCUT2D eigenvalue weighted by atomic mass is 10.1. The molecule has 1 amide bonds. The minimum Gasteiger partial charge on any atom is -0.489 e. The molecular formula is C25H26N4O3S. The van der Waals surface area contributed by atoms with Crippen LogP contribution < -0.4 is 10.1 Å². The number of benzene rings is 1. The molecule has 33 heavy (non-hydrogen) atoms. The topological polar surface area (TPSA) is 78.3 Å². The molecule has 1 atom stereocenters. The maximum absolute atomic E-state index is 13.4. The summed E-state index contributed by atoms with van der Waals surface area (Å²) in [6, 6.07) is 11.7. The number of rotatable bonds is 7. The van der Waals surface area contributed by atoms with Crippen LogP contribution in [0.15, 0.2) is 48.0 Å². The number of anilines is 1. The average Bonchev–Trinajstić information content (AvgIpc) is 3.57. The molecule has 1 aliphatic heterocycles. The molecule has 1 unspecified atom stereocenters. The number of nitrogens with zero attached hydrogens (tertiary/aromatic N) is 3. The highest BCUT2D eigenvalue weighted by Gasteiger charge is 2.20. The third-order valence-corrected chi connectivity index (χ3v) is 6.56. The van der Waals surface area contributed by atoms with Crippen LogP contribution >= 0.6 is 11.3 Å². The maximum atomic E-state index is 13.4. The first kappa shape index (κ1) is 21.6. The summed E-state index contributed by atoms with van der Waals surface area (Å²) < 4.78 is 13.6. The summed E-state index contributed by atoms with van der Waals surface area (Å²) in [6.07, 6.45) is 3.87. The lowest BCUT2D eigenvalue weighted by Crippen LogP contribution is -2.18. The predicted molar refractivity (Wildman–Crippen MR) is 129 cm³/mol. The van der Waals surface area contributed by atoms with Gasteiger partial charge in [-0.25, -0.2) is 9.67 Å². The quantitative estimate of drug-likeness (QED) is 0.420. The number of amides is 1. The number of fused-ring (bicyclic) bond motifs is 1. The molecule has 1 saturated heterocycles. The maximum Gasteiger partial charge on any atom is 0.256 e. The van der Waals surface area contributed by atoms with Crippen LogP contribution in [-0.2, 0) is 11.3 Å². The Balaban J connectivity index is 1.41. The van der Waals surface area contributed by atoms with E-state index in [2.05, 4.69) is 21.5 Å². The van der Waals surface area contributed by atoms with Crippen molar-refractivity contribution in [1.29, 1.82) is 0 Å². The number of hydrogen-bond donors (Lipinski definition) is 1. The second kappa shape index (κ2) is 9.33. The van der Waals surface area contributed by atoms with E-state index in [1.165, 1.54) is 4.88 Å². The van der Waals surface area contributed by atoms with Gasteiger partial charge in [-0.2, -0.15) is 5.10 Å². The number of aryl methyl sites for hydroxylation is 2. The largest absolute Gasteiger partial charge is 0.489 e. The van der Waals surface area contributed by atoms with E-state index in [1.54, 1.807) is 23.6 Å². The van der Waals surface area contributed by atoms with Gasteiger partial charge in [-0.05, 0) is 61.9 Å². The number of carbonyl (C=O) groups excluding carboxylic acids is 1. The highest BCUT2D eigenvalue weighted by Crippen LogP contribution is 2.29. The van der Waals surface area contributed by atoms with E-state index < -0.39 is 0 Å². The zero-order valence-corrected chi connectivity index (χ0v) is 19.5. The fourth-order valence-electron chi connectivity index (χ4n) is 4.03. The highest BCUT2D eigenvalue weighted by atomic mass is 32.1. The van der Waals surface area contributed by atoms with Crippen molar-refractivity contribution < 1.29 is 14.3 Å². The number of carbonyl (C=O) groups is 1. The van der Waals surface area contributed by atoms with Crippen LogP contribution in [0.25, 0.3) is 11.0 Å². The zero-order valence-electron chi connectivity index (χ0n) is 18.7. The fourth-order valence-corrected chi connectivity index (χ4v) is 4.71. The summed E-state index contributed by atoms with van der Waals surface area (Å²) in [5.74, 6) is 0.432. The number of ether oxygens (including phenoxy) is 2. The summed E-state index contributed by atoms with van der Waals surface area (Å²) in [7, 11) is 0. The summed E-state index contributed by atoms with van der Waals surface area (Å²) in [5, 5.41) is 10.3. The lowest BCUT2D eigenvalue weighted by Gasteiger charge is -2.16. The van der Waals surface area contributed by atoms with Gasteiger partial charge in [0.05, 0.1) is 35.5 Å². The van der Waals surface area contributed by atoms with Crippen LogP contribution in [0.4, 0.5) is 5.69 Å².